The highest BCUT2D eigenvalue weighted by atomic mass is 16.6. The molecule has 0 aliphatic rings. The van der Waals surface area contributed by atoms with Gasteiger partial charge in [0.05, 0.1) is 22.5 Å². The molecule has 0 unspecified atom stereocenters. The van der Waals surface area contributed by atoms with Gasteiger partial charge in [0.1, 0.15) is 0 Å². The maximum absolute atomic E-state index is 11.6. The first-order valence-corrected chi connectivity index (χ1v) is 6.23. The standard InChI is InChI=1S/C12H16N4O5/c1-3-14(2)12(17)8-13-7-9-4-5-10(15(18)19)6-11(9)16(20)21/h4-6,13H,3,7-8H2,1-2H3. The molecule has 0 spiro atoms. The third-order valence-electron chi connectivity index (χ3n) is 2.97. The van der Waals surface area contributed by atoms with Crippen LogP contribution in [0.2, 0.25) is 0 Å². The van der Waals surface area contributed by atoms with Crippen LogP contribution in [0.4, 0.5) is 11.4 Å². The number of carbonyl (C=O) groups excluding carboxylic acids is 1. The lowest BCUT2D eigenvalue weighted by Crippen LogP contribution is -2.35. The third kappa shape index (κ3) is 4.49. The number of benzene rings is 1. The SMILES string of the molecule is CCN(C)C(=O)CNCc1ccc([N+](=O)[O-])cc1[N+](=O)[O-]. The van der Waals surface area contributed by atoms with E-state index in [2.05, 4.69) is 5.32 Å². The molecule has 21 heavy (non-hydrogen) atoms. The quantitative estimate of drug-likeness (QED) is 0.593. The Morgan fingerprint density at radius 2 is 1.95 bits per heavy atom. The number of non-ortho nitro benzene ring substituents is 1. The van der Waals surface area contributed by atoms with E-state index in [-0.39, 0.29) is 35.9 Å². The minimum Gasteiger partial charge on any atom is -0.345 e. The fourth-order valence-corrected chi connectivity index (χ4v) is 1.60. The van der Waals surface area contributed by atoms with E-state index in [9.17, 15) is 25.0 Å². The van der Waals surface area contributed by atoms with Crippen LogP contribution in [-0.4, -0.2) is 40.8 Å². The minimum absolute atomic E-state index is 0.0402. The van der Waals surface area contributed by atoms with Gasteiger partial charge in [0.2, 0.25) is 5.91 Å². The van der Waals surface area contributed by atoms with Crippen LogP contribution >= 0.6 is 0 Å². The van der Waals surface area contributed by atoms with Gasteiger partial charge in [-0.25, -0.2) is 0 Å². The summed E-state index contributed by atoms with van der Waals surface area (Å²) in [7, 11) is 1.65. The number of hydrogen-bond donors (Lipinski definition) is 1. The summed E-state index contributed by atoms with van der Waals surface area (Å²) < 4.78 is 0. The first kappa shape index (κ1) is 16.5. The Morgan fingerprint density at radius 3 is 2.48 bits per heavy atom. The molecule has 1 amide bonds. The Labute approximate surface area is 120 Å². The van der Waals surface area contributed by atoms with Gasteiger partial charge in [-0.2, -0.15) is 0 Å². The molecular formula is C12H16N4O5. The van der Waals surface area contributed by atoms with Crippen LogP contribution in [0.15, 0.2) is 18.2 Å². The second kappa shape index (κ2) is 7.29. The lowest BCUT2D eigenvalue weighted by molar-refractivity contribution is -0.394. The van der Waals surface area contributed by atoms with Crippen molar-refractivity contribution in [1.29, 1.82) is 0 Å². The maximum atomic E-state index is 11.6. The highest BCUT2D eigenvalue weighted by Gasteiger charge is 2.19. The zero-order valence-corrected chi connectivity index (χ0v) is 11.7. The molecule has 114 valence electrons. The van der Waals surface area contributed by atoms with Crippen molar-refractivity contribution < 1.29 is 14.6 Å². The number of carbonyl (C=O) groups is 1. The molecule has 0 aromatic heterocycles. The molecule has 9 nitrogen and oxygen atoms in total. The van der Waals surface area contributed by atoms with Gasteiger partial charge in [0.25, 0.3) is 11.4 Å². The highest BCUT2D eigenvalue weighted by Crippen LogP contribution is 2.24. The van der Waals surface area contributed by atoms with Crippen molar-refractivity contribution in [3.63, 3.8) is 0 Å². The van der Waals surface area contributed by atoms with Gasteiger partial charge in [0.15, 0.2) is 0 Å². The Bertz CT molecular complexity index is 561. The molecular weight excluding hydrogens is 280 g/mol. The van der Waals surface area contributed by atoms with E-state index in [0.29, 0.717) is 6.54 Å². The number of amides is 1. The van der Waals surface area contributed by atoms with Crippen molar-refractivity contribution in [3.05, 3.63) is 44.0 Å². The largest absolute Gasteiger partial charge is 0.345 e. The second-order valence-electron chi connectivity index (χ2n) is 4.34. The molecule has 0 radical (unpaired) electrons. The van der Waals surface area contributed by atoms with Crippen LogP contribution in [0.3, 0.4) is 0 Å². The predicted molar refractivity (Wildman–Crippen MR) is 74.8 cm³/mol. The summed E-state index contributed by atoms with van der Waals surface area (Å²) >= 11 is 0. The molecule has 0 atom stereocenters. The molecule has 1 aromatic rings. The molecule has 0 aliphatic carbocycles. The number of hydrogen-bond acceptors (Lipinski definition) is 6. The Balaban J connectivity index is 2.77. The molecule has 9 heteroatoms. The van der Waals surface area contributed by atoms with E-state index in [1.807, 2.05) is 6.92 Å². The van der Waals surface area contributed by atoms with E-state index in [0.717, 1.165) is 6.07 Å². The lowest BCUT2D eigenvalue weighted by atomic mass is 10.1. The van der Waals surface area contributed by atoms with Crippen LogP contribution in [0.1, 0.15) is 12.5 Å². The molecule has 0 saturated heterocycles. The monoisotopic (exact) mass is 296 g/mol. The van der Waals surface area contributed by atoms with Crippen LogP contribution in [0, 0.1) is 20.2 Å². The first-order chi connectivity index (χ1) is 9.86. The number of rotatable bonds is 7. The Hall–Kier alpha value is -2.55. The number of nitrogens with zero attached hydrogens (tertiary/aromatic N) is 3. The maximum Gasteiger partial charge on any atom is 0.280 e. The summed E-state index contributed by atoms with van der Waals surface area (Å²) in [6.07, 6.45) is 0. The third-order valence-corrected chi connectivity index (χ3v) is 2.97. The molecule has 0 heterocycles. The van der Waals surface area contributed by atoms with E-state index >= 15 is 0 Å². The normalized spacial score (nSPS) is 10.2. The van der Waals surface area contributed by atoms with Crippen molar-refractivity contribution in [2.45, 2.75) is 13.5 Å². The van der Waals surface area contributed by atoms with Gasteiger partial charge in [-0.3, -0.25) is 25.0 Å². The van der Waals surface area contributed by atoms with Gasteiger partial charge in [0, 0.05) is 31.8 Å². The minimum atomic E-state index is -0.691. The fourth-order valence-electron chi connectivity index (χ4n) is 1.60. The smallest absolute Gasteiger partial charge is 0.280 e. The Morgan fingerprint density at radius 1 is 1.29 bits per heavy atom. The van der Waals surface area contributed by atoms with E-state index in [1.54, 1.807) is 7.05 Å². The molecule has 1 N–H and O–H groups in total. The summed E-state index contributed by atoms with van der Waals surface area (Å²) in [4.78, 5) is 33.3. The zero-order valence-electron chi connectivity index (χ0n) is 11.7. The van der Waals surface area contributed by atoms with Crippen LogP contribution in [-0.2, 0) is 11.3 Å². The molecule has 1 aromatic carbocycles. The van der Waals surface area contributed by atoms with Crippen molar-refractivity contribution in [1.82, 2.24) is 10.2 Å². The van der Waals surface area contributed by atoms with E-state index < -0.39 is 9.85 Å². The highest BCUT2D eigenvalue weighted by molar-refractivity contribution is 5.77. The average molecular weight is 296 g/mol. The van der Waals surface area contributed by atoms with Gasteiger partial charge in [-0.1, -0.05) is 0 Å². The topological polar surface area (TPSA) is 119 Å². The summed E-state index contributed by atoms with van der Waals surface area (Å²) in [6.45, 7) is 2.52. The van der Waals surface area contributed by atoms with Gasteiger partial charge >= 0.3 is 0 Å². The van der Waals surface area contributed by atoms with Crippen molar-refractivity contribution >= 4 is 17.3 Å². The number of nitro benzene ring substituents is 2. The molecule has 0 saturated carbocycles. The molecule has 1 rings (SSSR count). The molecule has 0 fully saturated rings. The van der Waals surface area contributed by atoms with E-state index in [1.165, 1.54) is 17.0 Å². The van der Waals surface area contributed by atoms with Gasteiger partial charge in [-0.05, 0) is 13.0 Å². The van der Waals surface area contributed by atoms with Crippen molar-refractivity contribution in [3.8, 4) is 0 Å². The summed E-state index contributed by atoms with van der Waals surface area (Å²) in [5.41, 5.74) is -0.391. The van der Waals surface area contributed by atoms with Crippen LogP contribution in [0.25, 0.3) is 0 Å². The lowest BCUT2D eigenvalue weighted by Gasteiger charge is -2.14. The molecule has 0 bridgehead atoms. The average Bonchev–Trinajstić information content (AvgIpc) is 2.45. The number of nitro groups is 2. The van der Waals surface area contributed by atoms with Gasteiger partial charge in [-0.15, -0.1) is 0 Å². The van der Waals surface area contributed by atoms with Crippen LogP contribution in [0.5, 0.6) is 0 Å². The summed E-state index contributed by atoms with van der Waals surface area (Å²) in [5.74, 6) is -0.137. The van der Waals surface area contributed by atoms with Crippen molar-refractivity contribution in [2.24, 2.45) is 0 Å². The number of likely N-dealkylation sites (N-methyl/N-ethyl adjacent to an activating group) is 1. The predicted octanol–water partition coefficient (Wildman–Crippen LogP) is 1.07. The summed E-state index contributed by atoms with van der Waals surface area (Å²) in [5, 5.41) is 24.3. The van der Waals surface area contributed by atoms with E-state index in [4.69, 9.17) is 0 Å². The summed E-state index contributed by atoms with van der Waals surface area (Å²) in [6, 6.07) is 3.43. The van der Waals surface area contributed by atoms with Gasteiger partial charge < -0.3 is 10.2 Å². The first-order valence-electron chi connectivity index (χ1n) is 6.23. The number of nitrogens with one attached hydrogen (secondary N) is 1. The van der Waals surface area contributed by atoms with Crippen molar-refractivity contribution in [2.75, 3.05) is 20.1 Å². The fraction of sp³-hybridized carbons (Fsp3) is 0.417. The molecule has 0 aliphatic heterocycles. The zero-order chi connectivity index (χ0) is 16.0. The second-order valence-corrected chi connectivity index (χ2v) is 4.34. The van der Waals surface area contributed by atoms with Crippen LogP contribution < -0.4 is 5.32 Å². The Kier molecular flexibility index (Phi) is 5.73.